The second-order valence-electron chi connectivity index (χ2n) is 6.31. The first kappa shape index (κ1) is 21.8. The van der Waals surface area contributed by atoms with E-state index in [1.165, 1.54) is 44.6 Å². The maximum absolute atomic E-state index is 12.4. The summed E-state index contributed by atoms with van der Waals surface area (Å²) in [5.74, 6) is -0.422. The molecule has 2 rings (SSSR count). The fourth-order valence-corrected chi connectivity index (χ4v) is 2.77. The topological polar surface area (TPSA) is 61.8 Å². The van der Waals surface area contributed by atoms with Gasteiger partial charge in [0.05, 0.1) is 19.3 Å². The van der Waals surface area contributed by atoms with E-state index in [0.717, 1.165) is 12.8 Å². The minimum absolute atomic E-state index is 0.0892. The van der Waals surface area contributed by atoms with E-state index in [1.54, 1.807) is 24.3 Å². The molecule has 0 fully saturated rings. The number of rotatable bonds is 10. The molecule has 0 saturated carbocycles. The maximum atomic E-state index is 12.4. The summed E-state index contributed by atoms with van der Waals surface area (Å²) in [5, 5.41) is 0.344. The van der Waals surface area contributed by atoms with Crippen molar-refractivity contribution in [1.82, 2.24) is 0 Å². The molecule has 5 nitrogen and oxygen atoms in total. The van der Waals surface area contributed by atoms with E-state index in [4.69, 9.17) is 25.8 Å². The van der Waals surface area contributed by atoms with Gasteiger partial charge in [-0.05, 0) is 48.9 Å². The van der Waals surface area contributed by atoms with E-state index in [9.17, 15) is 9.59 Å². The standard InChI is InChI=1S/C22H25ClO5/c1-3-4-5-6-7-14-27-18-11-8-16(9-12-18)21(24)28-20-13-10-17(23)15-19(20)22(25)26-2/h8-13,15H,3-7,14H2,1-2H3. The molecule has 0 aliphatic carbocycles. The van der Waals surface area contributed by atoms with Crippen LogP contribution < -0.4 is 9.47 Å². The molecule has 0 heterocycles. The molecule has 2 aromatic carbocycles. The second-order valence-corrected chi connectivity index (χ2v) is 6.75. The molecule has 0 amide bonds. The van der Waals surface area contributed by atoms with Gasteiger partial charge in [0.2, 0.25) is 0 Å². The number of unbranched alkanes of at least 4 members (excludes halogenated alkanes) is 4. The lowest BCUT2D eigenvalue weighted by atomic mass is 10.2. The Balaban J connectivity index is 1.94. The van der Waals surface area contributed by atoms with Crippen LogP contribution in [0.4, 0.5) is 0 Å². The number of carbonyl (C=O) groups is 2. The molecule has 0 N–H and O–H groups in total. The Labute approximate surface area is 170 Å². The zero-order chi connectivity index (χ0) is 20.4. The number of hydrogen-bond donors (Lipinski definition) is 0. The smallest absolute Gasteiger partial charge is 0.343 e. The fraction of sp³-hybridized carbons (Fsp3) is 0.364. The van der Waals surface area contributed by atoms with Gasteiger partial charge in [-0.25, -0.2) is 9.59 Å². The van der Waals surface area contributed by atoms with Crippen LogP contribution >= 0.6 is 11.6 Å². The lowest BCUT2D eigenvalue weighted by Crippen LogP contribution is -2.12. The highest BCUT2D eigenvalue weighted by molar-refractivity contribution is 6.31. The van der Waals surface area contributed by atoms with Gasteiger partial charge in [0.15, 0.2) is 0 Å². The minimum Gasteiger partial charge on any atom is -0.494 e. The van der Waals surface area contributed by atoms with Crippen LogP contribution in [0.5, 0.6) is 11.5 Å². The molecule has 0 aromatic heterocycles. The molecule has 0 atom stereocenters. The zero-order valence-corrected chi connectivity index (χ0v) is 17.0. The van der Waals surface area contributed by atoms with E-state index in [0.29, 0.717) is 22.9 Å². The Bertz CT molecular complexity index is 786. The van der Waals surface area contributed by atoms with Gasteiger partial charge >= 0.3 is 11.9 Å². The Morgan fingerprint density at radius 1 is 0.929 bits per heavy atom. The quantitative estimate of drug-likeness (QED) is 0.289. The predicted molar refractivity (Wildman–Crippen MR) is 108 cm³/mol. The number of halogens is 1. The Morgan fingerprint density at radius 2 is 1.64 bits per heavy atom. The third-order valence-electron chi connectivity index (χ3n) is 4.16. The van der Waals surface area contributed by atoms with Gasteiger partial charge in [-0.2, -0.15) is 0 Å². The molecule has 0 saturated heterocycles. The molecule has 150 valence electrons. The van der Waals surface area contributed by atoms with Crippen molar-refractivity contribution in [2.75, 3.05) is 13.7 Å². The monoisotopic (exact) mass is 404 g/mol. The van der Waals surface area contributed by atoms with Crippen LogP contribution in [0.15, 0.2) is 42.5 Å². The summed E-state index contributed by atoms with van der Waals surface area (Å²) in [7, 11) is 1.25. The zero-order valence-electron chi connectivity index (χ0n) is 16.2. The summed E-state index contributed by atoms with van der Waals surface area (Å²) in [5.41, 5.74) is 0.437. The van der Waals surface area contributed by atoms with Crippen molar-refractivity contribution in [2.45, 2.75) is 39.0 Å². The van der Waals surface area contributed by atoms with E-state index >= 15 is 0 Å². The first-order valence-electron chi connectivity index (χ1n) is 9.38. The maximum Gasteiger partial charge on any atom is 0.343 e. The number of benzene rings is 2. The summed E-state index contributed by atoms with van der Waals surface area (Å²) in [6.07, 6.45) is 5.86. The Hall–Kier alpha value is -2.53. The largest absolute Gasteiger partial charge is 0.494 e. The molecule has 0 bridgehead atoms. The number of hydrogen-bond acceptors (Lipinski definition) is 5. The van der Waals surface area contributed by atoms with Crippen molar-refractivity contribution in [3.8, 4) is 11.5 Å². The summed E-state index contributed by atoms with van der Waals surface area (Å²) in [6.45, 7) is 2.84. The van der Waals surface area contributed by atoms with Gasteiger partial charge in [0, 0.05) is 5.02 Å². The molecule has 6 heteroatoms. The van der Waals surface area contributed by atoms with Crippen LogP contribution in [0.1, 0.15) is 59.7 Å². The predicted octanol–water partition coefficient (Wildman–Crippen LogP) is 5.70. The molecular weight excluding hydrogens is 380 g/mol. The van der Waals surface area contributed by atoms with Crippen LogP contribution in [0.25, 0.3) is 0 Å². The molecule has 0 aliphatic heterocycles. The average molecular weight is 405 g/mol. The van der Waals surface area contributed by atoms with E-state index in [-0.39, 0.29) is 11.3 Å². The Morgan fingerprint density at radius 3 is 2.32 bits per heavy atom. The highest BCUT2D eigenvalue weighted by Crippen LogP contribution is 2.25. The van der Waals surface area contributed by atoms with Gasteiger partial charge in [-0.3, -0.25) is 0 Å². The lowest BCUT2D eigenvalue weighted by Gasteiger charge is -2.10. The molecule has 0 radical (unpaired) electrons. The first-order valence-corrected chi connectivity index (χ1v) is 9.76. The molecule has 28 heavy (non-hydrogen) atoms. The van der Waals surface area contributed by atoms with Crippen LogP contribution in [-0.2, 0) is 4.74 Å². The van der Waals surface area contributed by atoms with Gasteiger partial charge in [0.25, 0.3) is 0 Å². The fourth-order valence-electron chi connectivity index (χ4n) is 2.60. The molecular formula is C22H25ClO5. The van der Waals surface area contributed by atoms with Gasteiger partial charge in [-0.1, -0.05) is 44.2 Å². The average Bonchev–Trinajstić information content (AvgIpc) is 2.71. The number of methoxy groups -OCH3 is 1. The van der Waals surface area contributed by atoms with Crippen molar-refractivity contribution >= 4 is 23.5 Å². The summed E-state index contributed by atoms with van der Waals surface area (Å²) in [6, 6.07) is 11.1. The molecule has 0 aliphatic rings. The highest BCUT2D eigenvalue weighted by Gasteiger charge is 2.17. The van der Waals surface area contributed by atoms with Crippen molar-refractivity contribution in [1.29, 1.82) is 0 Å². The number of carbonyl (C=O) groups excluding carboxylic acids is 2. The van der Waals surface area contributed by atoms with Crippen molar-refractivity contribution in [3.05, 3.63) is 58.6 Å². The summed E-state index contributed by atoms with van der Waals surface area (Å²) < 4.78 is 15.7. The first-order chi connectivity index (χ1) is 13.5. The minimum atomic E-state index is -0.631. The molecule has 0 unspecified atom stereocenters. The van der Waals surface area contributed by atoms with Crippen LogP contribution in [0, 0.1) is 0 Å². The van der Waals surface area contributed by atoms with Gasteiger partial charge in [0.1, 0.15) is 17.1 Å². The van der Waals surface area contributed by atoms with E-state index < -0.39 is 11.9 Å². The van der Waals surface area contributed by atoms with Crippen LogP contribution in [-0.4, -0.2) is 25.7 Å². The molecule has 0 spiro atoms. The van der Waals surface area contributed by atoms with Crippen LogP contribution in [0.3, 0.4) is 0 Å². The molecule has 2 aromatic rings. The van der Waals surface area contributed by atoms with Crippen molar-refractivity contribution < 1.29 is 23.8 Å². The summed E-state index contributed by atoms with van der Waals surface area (Å²) >= 11 is 5.90. The lowest BCUT2D eigenvalue weighted by molar-refractivity contribution is 0.0593. The second kappa shape index (κ2) is 11.3. The Kier molecular flexibility index (Phi) is 8.82. The summed E-state index contributed by atoms with van der Waals surface area (Å²) in [4.78, 5) is 24.2. The van der Waals surface area contributed by atoms with Crippen molar-refractivity contribution in [2.24, 2.45) is 0 Å². The van der Waals surface area contributed by atoms with Crippen LogP contribution in [0.2, 0.25) is 5.02 Å². The van der Waals surface area contributed by atoms with Gasteiger partial charge in [-0.15, -0.1) is 0 Å². The number of esters is 2. The van der Waals surface area contributed by atoms with E-state index in [1.807, 2.05) is 0 Å². The SMILES string of the molecule is CCCCCCCOc1ccc(C(=O)Oc2ccc(Cl)cc2C(=O)OC)cc1. The van der Waals surface area contributed by atoms with E-state index in [2.05, 4.69) is 6.92 Å². The normalized spacial score (nSPS) is 10.4. The highest BCUT2D eigenvalue weighted by atomic mass is 35.5. The van der Waals surface area contributed by atoms with Gasteiger partial charge < -0.3 is 14.2 Å². The third kappa shape index (κ3) is 6.57. The van der Waals surface area contributed by atoms with Crippen molar-refractivity contribution in [3.63, 3.8) is 0 Å². The third-order valence-corrected chi connectivity index (χ3v) is 4.39. The number of ether oxygens (including phenoxy) is 3.